The summed E-state index contributed by atoms with van der Waals surface area (Å²) in [5.41, 5.74) is 2.30. The van der Waals surface area contributed by atoms with Gasteiger partial charge in [0.2, 0.25) is 0 Å². The van der Waals surface area contributed by atoms with Crippen LogP contribution in [0, 0.1) is 0 Å². The van der Waals surface area contributed by atoms with Gasteiger partial charge in [-0.1, -0.05) is 36.4 Å². The predicted molar refractivity (Wildman–Crippen MR) is 117 cm³/mol. The number of benzene rings is 3. The van der Waals surface area contributed by atoms with Crippen LogP contribution in [-0.4, -0.2) is 17.1 Å². The number of pyridine rings is 1. The van der Waals surface area contributed by atoms with Crippen molar-refractivity contribution in [3.63, 3.8) is 0 Å². The molecular formula is C23H18N4O3. The van der Waals surface area contributed by atoms with E-state index in [2.05, 4.69) is 20.9 Å². The van der Waals surface area contributed by atoms with Gasteiger partial charge in [-0.2, -0.15) is 0 Å². The molecule has 0 spiro atoms. The quantitative estimate of drug-likeness (QED) is 0.424. The Hall–Kier alpha value is -4.39. The number of fused-ring (bicyclic) bond motifs is 1. The van der Waals surface area contributed by atoms with Gasteiger partial charge in [-0.3, -0.25) is 10.3 Å². The van der Waals surface area contributed by atoms with E-state index < -0.39 is 6.09 Å². The minimum Gasteiger partial charge on any atom is -0.408 e. The summed E-state index contributed by atoms with van der Waals surface area (Å²) >= 11 is 0. The van der Waals surface area contributed by atoms with Crippen LogP contribution in [0.3, 0.4) is 0 Å². The van der Waals surface area contributed by atoms with Crippen molar-refractivity contribution in [2.24, 2.45) is 0 Å². The van der Waals surface area contributed by atoms with E-state index in [1.807, 2.05) is 36.4 Å². The molecule has 4 rings (SSSR count). The van der Waals surface area contributed by atoms with Gasteiger partial charge >= 0.3 is 12.1 Å². The Morgan fingerprint density at radius 1 is 0.700 bits per heavy atom. The molecule has 0 aliphatic heterocycles. The molecule has 0 saturated carbocycles. The second kappa shape index (κ2) is 8.74. The third-order valence-electron chi connectivity index (χ3n) is 4.24. The van der Waals surface area contributed by atoms with E-state index >= 15 is 0 Å². The highest BCUT2D eigenvalue weighted by atomic mass is 16.6. The molecule has 4 aromatic rings. The van der Waals surface area contributed by atoms with Crippen LogP contribution < -0.4 is 20.7 Å². The molecule has 0 aliphatic carbocycles. The van der Waals surface area contributed by atoms with Gasteiger partial charge in [0, 0.05) is 23.0 Å². The fourth-order valence-corrected chi connectivity index (χ4v) is 2.91. The number of rotatable bonds is 4. The number of anilines is 3. The summed E-state index contributed by atoms with van der Waals surface area (Å²) in [5.74, 6) is 0.285. The van der Waals surface area contributed by atoms with Crippen LogP contribution in [0.5, 0.6) is 5.75 Å². The van der Waals surface area contributed by atoms with Crippen molar-refractivity contribution in [3.05, 3.63) is 91.1 Å². The van der Waals surface area contributed by atoms with E-state index in [-0.39, 0.29) is 11.8 Å². The van der Waals surface area contributed by atoms with Crippen LogP contribution in [0.25, 0.3) is 10.9 Å². The molecule has 0 bridgehead atoms. The Labute approximate surface area is 172 Å². The summed E-state index contributed by atoms with van der Waals surface area (Å²) in [6, 6.07) is 24.5. The molecule has 148 valence electrons. The first-order chi connectivity index (χ1) is 14.7. The van der Waals surface area contributed by atoms with Crippen LogP contribution in [0.4, 0.5) is 26.7 Å². The lowest BCUT2D eigenvalue weighted by Crippen LogP contribution is -2.20. The summed E-state index contributed by atoms with van der Waals surface area (Å²) < 4.78 is 5.45. The number of hydrogen-bond donors (Lipinski definition) is 3. The lowest BCUT2D eigenvalue weighted by Gasteiger charge is -2.13. The highest BCUT2D eigenvalue weighted by molar-refractivity contribution is 6.07. The van der Waals surface area contributed by atoms with E-state index in [1.165, 1.54) is 0 Å². The van der Waals surface area contributed by atoms with E-state index in [4.69, 9.17) is 4.74 Å². The number of ether oxygens (including phenoxy) is 1. The van der Waals surface area contributed by atoms with Gasteiger partial charge in [0.1, 0.15) is 5.52 Å². The van der Waals surface area contributed by atoms with Gasteiger partial charge in [-0.05, 0) is 48.5 Å². The van der Waals surface area contributed by atoms with Crippen LogP contribution in [-0.2, 0) is 0 Å². The van der Waals surface area contributed by atoms with Gasteiger partial charge in [0.25, 0.3) is 0 Å². The molecule has 0 unspecified atom stereocenters. The summed E-state index contributed by atoms with van der Waals surface area (Å²) in [6.07, 6.45) is 0.966. The van der Waals surface area contributed by atoms with Crippen molar-refractivity contribution in [3.8, 4) is 5.75 Å². The smallest absolute Gasteiger partial charge is 0.408 e. The van der Waals surface area contributed by atoms with Gasteiger partial charge in [-0.25, -0.2) is 9.59 Å². The first-order valence-electron chi connectivity index (χ1n) is 9.24. The number of urea groups is 1. The molecule has 0 radical (unpaired) electrons. The zero-order valence-electron chi connectivity index (χ0n) is 15.8. The molecule has 0 saturated heterocycles. The average Bonchev–Trinajstić information content (AvgIpc) is 2.77. The second-order valence-electron chi connectivity index (χ2n) is 6.34. The van der Waals surface area contributed by atoms with Gasteiger partial charge in [0.15, 0.2) is 5.75 Å². The largest absolute Gasteiger partial charge is 0.417 e. The maximum Gasteiger partial charge on any atom is 0.417 e. The number of aromatic nitrogens is 1. The molecule has 0 aliphatic rings. The maximum atomic E-state index is 12.4. The average molecular weight is 398 g/mol. The summed E-state index contributed by atoms with van der Waals surface area (Å²) in [7, 11) is 0. The summed E-state index contributed by atoms with van der Waals surface area (Å²) in [4.78, 5) is 28.9. The lowest BCUT2D eigenvalue weighted by atomic mass is 10.1. The first kappa shape index (κ1) is 18.9. The Bertz CT molecular complexity index is 1090. The Balaban J connectivity index is 1.52. The zero-order valence-corrected chi connectivity index (χ0v) is 15.8. The number of amides is 3. The van der Waals surface area contributed by atoms with Crippen molar-refractivity contribution in [2.75, 3.05) is 16.0 Å². The number of para-hydroxylation sites is 2. The fourth-order valence-electron chi connectivity index (χ4n) is 2.91. The summed E-state index contributed by atoms with van der Waals surface area (Å²) in [6.45, 7) is 0. The summed E-state index contributed by atoms with van der Waals surface area (Å²) in [5, 5.41) is 8.88. The highest BCUT2D eigenvalue weighted by Gasteiger charge is 2.13. The second-order valence-corrected chi connectivity index (χ2v) is 6.34. The van der Waals surface area contributed by atoms with Crippen molar-refractivity contribution < 1.29 is 14.3 Å². The molecular weight excluding hydrogens is 380 g/mol. The molecule has 3 N–H and O–H groups in total. The van der Waals surface area contributed by atoms with E-state index in [1.54, 1.807) is 54.7 Å². The Morgan fingerprint density at radius 2 is 1.37 bits per heavy atom. The number of nitrogens with one attached hydrogen (secondary N) is 3. The molecule has 0 fully saturated rings. The minimum atomic E-state index is -0.629. The third-order valence-corrected chi connectivity index (χ3v) is 4.24. The number of carbonyl (C=O) groups excluding carboxylic acids is 2. The SMILES string of the molecule is O=C(Nc1ccccc1)Nc1ccc(OC(=O)Nc2ccccc2)c2ncccc12. The Kier molecular flexibility index (Phi) is 5.52. The van der Waals surface area contributed by atoms with E-state index in [0.717, 1.165) is 0 Å². The standard InChI is InChI=1S/C23H18N4O3/c28-22(25-16-8-3-1-4-9-16)27-19-13-14-20(21-18(19)12-7-15-24-21)30-23(29)26-17-10-5-2-6-11-17/h1-15H,(H,26,29)(H2,25,27,28). The maximum absolute atomic E-state index is 12.4. The normalized spacial score (nSPS) is 10.3. The van der Waals surface area contributed by atoms with Gasteiger partial charge < -0.3 is 15.4 Å². The zero-order chi connectivity index (χ0) is 20.8. The van der Waals surface area contributed by atoms with Crippen molar-refractivity contribution in [1.29, 1.82) is 0 Å². The molecule has 30 heavy (non-hydrogen) atoms. The minimum absolute atomic E-state index is 0.285. The molecule has 0 atom stereocenters. The molecule has 3 aromatic carbocycles. The van der Waals surface area contributed by atoms with Gasteiger partial charge in [-0.15, -0.1) is 0 Å². The van der Waals surface area contributed by atoms with E-state index in [0.29, 0.717) is 28.0 Å². The number of hydrogen-bond acceptors (Lipinski definition) is 4. The molecule has 3 amide bonds. The fraction of sp³-hybridized carbons (Fsp3) is 0. The highest BCUT2D eigenvalue weighted by Crippen LogP contribution is 2.30. The first-order valence-corrected chi connectivity index (χ1v) is 9.24. The Morgan fingerprint density at radius 3 is 2.07 bits per heavy atom. The van der Waals surface area contributed by atoms with Crippen LogP contribution in [0.2, 0.25) is 0 Å². The molecule has 1 aromatic heterocycles. The molecule has 1 heterocycles. The van der Waals surface area contributed by atoms with Crippen LogP contribution in [0.1, 0.15) is 0 Å². The van der Waals surface area contributed by atoms with Crippen molar-refractivity contribution in [1.82, 2.24) is 4.98 Å². The number of carbonyl (C=O) groups is 2. The number of nitrogens with zero attached hydrogens (tertiary/aromatic N) is 1. The van der Waals surface area contributed by atoms with Gasteiger partial charge in [0.05, 0.1) is 5.69 Å². The lowest BCUT2D eigenvalue weighted by molar-refractivity contribution is 0.215. The predicted octanol–water partition coefficient (Wildman–Crippen LogP) is 5.49. The van der Waals surface area contributed by atoms with Crippen molar-refractivity contribution in [2.45, 2.75) is 0 Å². The van der Waals surface area contributed by atoms with E-state index in [9.17, 15) is 9.59 Å². The molecule has 7 heteroatoms. The van der Waals surface area contributed by atoms with Crippen LogP contribution >= 0.6 is 0 Å². The molecule has 7 nitrogen and oxygen atoms in total. The third kappa shape index (κ3) is 4.53. The van der Waals surface area contributed by atoms with Crippen LogP contribution in [0.15, 0.2) is 91.1 Å². The van der Waals surface area contributed by atoms with Crippen molar-refractivity contribution >= 4 is 40.1 Å². The topological polar surface area (TPSA) is 92.4 Å². The monoisotopic (exact) mass is 398 g/mol.